The molecule has 194 valence electrons. The van der Waals surface area contributed by atoms with Gasteiger partial charge < -0.3 is 19.0 Å². The first-order chi connectivity index (χ1) is 16.7. The lowest BCUT2D eigenvalue weighted by atomic mass is 9.97. The smallest absolute Gasteiger partial charge is 0.261 e. The monoisotopic (exact) mass is 498 g/mol. The Morgan fingerprint density at radius 2 is 1.51 bits per heavy atom. The van der Waals surface area contributed by atoms with E-state index in [2.05, 4.69) is 101 Å². The van der Waals surface area contributed by atoms with E-state index in [-0.39, 0.29) is 36.6 Å². The summed E-state index contributed by atoms with van der Waals surface area (Å²) in [5, 5.41) is 12.2. The molecule has 0 aliphatic heterocycles. The van der Waals surface area contributed by atoms with Gasteiger partial charge in [0.1, 0.15) is 6.79 Å². The van der Waals surface area contributed by atoms with Crippen LogP contribution in [0.1, 0.15) is 60.8 Å². The molecule has 0 aromatic heterocycles. The largest absolute Gasteiger partial charge is 0.405 e. The molecule has 0 spiro atoms. The summed E-state index contributed by atoms with van der Waals surface area (Å²) in [6, 6.07) is 21.6. The molecule has 2 rings (SSSR count). The number of benzene rings is 2. The van der Waals surface area contributed by atoms with Crippen molar-refractivity contribution in [3.8, 4) is 0 Å². The molecule has 0 radical (unpaired) electrons. The fourth-order valence-electron chi connectivity index (χ4n) is 4.88. The summed E-state index contributed by atoms with van der Waals surface area (Å²) in [5.41, 5.74) is 1.14. The Bertz CT molecular complexity index is 837. The highest BCUT2D eigenvalue weighted by atomic mass is 28.4. The van der Waals surface area contributed by atoms with Crippen molar-refractivity contribution < 1.29 is 19.0 Å². The maximum Gasteiger partial charge on any atom is 0.261 e. The van der Waals surface area contributed by atoms with E-state index in [4.69, 9.17) is 13.9 Å². The molecule has 0 amide bonds. The van der Waals surface area contributed by atoms with E-state index in [1.165, 1.54) is 10.4 Å². The first-order valence-electron chi connectivity index (χ1n) is 12.8. The van der Waals surface area contributed by atoms with Crippen molar-refractivity contribution in [1.82, 2.24) is 0 Å². The minimum atomic E-state index is -2.52. The van der Waals surface area contributed by atoms with Gasteiger partial charge in [0.15, 0.2) is 0 Å². The molecule has 0 saturated carbocycles. The zero-order valence-corrected chi connectivity index (χ0v) is 23.8. The second kappa shape index (κ2) is 14.1. The Hall–Kier alpha value is -1.76. The number of allylic oxidation sites excluding steroid dienone is 1. The van der Waals surface area contributed by atoms with Gasteiger partial charge in [-0.05, 0) is 54.1 Å². The fraction of sp³-hybridized carbons (Fsp3) is 0.533. The molecule has 0 fully saturated rings. The quantitative estimate of drug-likeness (QED) is 0.157. The van der Waals surface area contributed by atoms with Crippen molar-refractivity contribution in [1.29, 1.82) is 0 Å². The second-order valence-electron chi connectivity index (χ2n) is 10.6. The van der Waals surface area contributed by atoms with Gasteiger partial charge in [-0.1, -0.05) is 94.4 Å². The maximum atomic E-state index is 9.60. The van der Waals surface area contributed by atoms with Crippen LogP contribution in [0.25, 0.3) is 0 Å². The lowest BCUT2D eigenvalue weighted by molar-refractivity contribution is -0.0806. The SMILES string of the molecule is COCO[C@@H](/C(C)=C/CCC[C@@H](C)O[Si](c1ccccc1)(c1ccccc1)C(C)(C)C)[C@@H](C)CO. The van der Waals surface area contributed by atoms with Crippen LogP contribution in [0.2, 0.25) is 5.04 Å². The molecular weight excluding hydrogens is 452 g/mol. The van der Waals surface area contributed by atoms with Crippen molar-refractivity contribution >= 4 is 18.7 Å². The van der Waals surface area contributed by atoms with Crippen LogP contribution in [-0.4, -0.2) is 46.1 Å². The van der Waals surface area contributed by atoms with E-state index >= 15 is 0 Å². The lowest BCUT2D eigenvalue weighted by Gasteiger charge is -2.44. The third-order valence-electron chi connectivity index (χ3n) is 6.69. The van der Waals surface area contributed by atoms with E-state index in [1.807, 2.05) is 6.92 Å². The fourth-order valence-corrected chi connectivity index (χ4v) is 9.62. The molecule has 3 atom stereocenters. The van der Waals surface area contributed by atoms with Crippen molar-refractivity contribution in [2.75, 3.05) is 20.5 Å². The third kappa shape index (κ3) is 7.86. The van der Waals surface area contributed by atoms with Crippen LogP contribution in [-0.2, 0) is 13.9 Å². The van der Waals surface area contributed by atoms with Crippen molar-refractivity contribution in [2.24, 2.45) is 5.92 Å². The van der Waals surface area contributed by atoms with Crippen molar-refractivity contribution in [3.05, 3.63) is 72.3 Å². The van der Waals surface area contributed by atoms with E-state index < -0.39 is 8.32 Å². The number of rotatable bonds is 14. The van der Waals surface area contributed by atoms with Crippen LogP contribution in [0, 0.1) is 5.92 Å². The van der Waals surface area contributed by atoms with Gasteiger partial charge in [-0.2, -0.15) is 0 Å². The van der Waals surface area contributed by atoms with Gasteiger partial charge >= 0.3 is 0 Å². The van der Waals surface area contributed by atoms with Crippen LogP contribution in [0.3, 0.4) is 0 Å². The van der Waals surface area contributed by atoms with Crippen molar-refractivity contribution in [2.45, 2.75) is 78.1 Å². The Kier molecular flexibility index (Phi) is 11.9. The molecule has 0 unspecified atom stereocenters. The zero-order chi connectivity index (χ0) is 25.9. The molecule has 2 aromatic carbocycles. The van der Waals surface area contributed by atoms with Gasteiger partial charge in [0.05, 0.1) is 6.10 Å². The van der Waals surface area contributed by atoms with E-state index in [0.717, 1.165) is 24.8 Å². The summed E-state index contributed by atoms with van der Waals surface area (Å²) in [6.45, 7) is 13.6. The number of unbranched alkanes of at least 4 members (excludes halogenated alkanes) is 1. The average Bonchev–Trinajstić information content (AvgIpc) is 2.85. The summed E-state index contributed by atoms with van der Waals surface area (Å²) in [5.74, 6) is 0.0267. The molecule has 0 bridgehead atoms. The molecule has 35 heavy (non-hydrogen) atoms. The summed E-state index contributed by atoms with van der Waals surface area (Å²) in [7, 11) is -0.906. The Labute approximate surface area is 214 Å². The zero-order valence-electron chi connectivity index (χ0n) is 22.8. The maximum absolute atomic E-state index is 9.60. The summed E-state index contributed by atoms with van der Waals surface area (Å²) >= 11 is 0. The molecular formula is C30H46O4Si. The molecule has 0 heterocycles. The number of aliphatic hydroxyl groups is 1. The molecule has 2 aromatic rings. The molecule has 0 aliphatic rings. The standard InChI is InChI=1S/C30H46O4Si/c1-24(29(25(2)22-31)33-23-32-7)16-14-15-17-26(3)34-35(30(4,5)6,27-18-10-8-11-19-27)28-20-12-9-13-21-28/h8-13,16,18-21,25-26,29,31H,14-15,17,22-23H2,1-7H3/b24-16+/t25-,26+,29-/m0/s1. The number of ether oxygens (including phenoxy) is 2. The predicted molar refractivity (Wildman–Crippen MR) is 149 cm³/mol. The molecule has 4 nitrogen and oxygen atoms in total. The highest BCUT2D eigenvalue weighted by molar-refractivity contribution is 6.99. The van der Waals surface area contributed by atoms with Gasteiger partial charge in [0.2, 0.25) is 0 Å². The van der Waals surface area contributed by atoms with Crippen LogP contribution in [0.5, 0.6) is 0 Å². The van der Waals surface area contributed by atoms with Crippen LogP contribution in [0.4, 0.5) is 0 Å². The summed E-state index contributed by atoms with van der Waals surface area (Å²) in [6.07, 6.45) is 5.19. The lowest BCUT2D eigenvalue weighted by Crippen LogP contribution is -2.67. The Balaban J connectivity index is 2.17. The number of hydrogen-bond donors (Lipinski definition) is 1. The summed E-state index contributed by atoms with van der Waals surface area (Å²) in [4.78, 5) is 0. The normalized spacial score (nSPS) is 15.6. The number of aliphatic hydroxyl groups excluding tert-OH is 1. The number of methoxy groups -OCH3 is 1. The first-order valence-corrected chi connectivity index (χ1v) is 14.7. The van der Waals surface area contributed by atoms with Crippen LogP contribution < -0.4 is 10.4 Å². The van der Waals surface area contributed by atoms with Gasteiger partial charge in [-0.3, -0.25) is 0 Å². The van der Waals surface area contributed by atoms with E-state index in [0.29, 0.717) is 0 Å². The molecule has 1 N–H and O–H groups in total. The minimum Gasteiger partial charge on any atom is -0.405 e. The average molecular weight is 499 g/mol. The van der Waals surface area contributed by atoms with Gasteiger partial charge in [0, 0.05) is 25.7 Å². The molecule has 0 saturated heterocycles. The van der Waals surface area contributed by atoms with E-state index in [9.17, 15) is 5.11 Å². The Morgan fingerprint density at radius 3 is 1.97 bits per heavy atom. The number of hydrogen-bond acceptors (Lipinski definition) is 4. The van der Waals surface area contributed by atoms with Crippen LogP contribution >= 0.6 is 0 Å². The van der Waals surface area contributed by atoms with Crippen molar-refractivity contribution in [3.63, 3.8) is 0 Å². The first kappa shape index (κ1) is 29.5. The third-order valence-corrected chi connectivity index (χ3v) is 11.9. The highest BCUT2D eigenvalue weighted by Crippen LogP contribution is 2.38. The summed E-state index contributed by atoms with van der Waals surface area (Å²) < 4.78 is 18.1. The van der Waals surface area contributed by atoms with Gasteiger partial charge in [-0.15, -0.1) is 0 Å². The Morgan fingerprint density at radius 1 is 0.971 bits per heavy atom. The highest BCUT2D eigenvalue weighted by Gasteiger charge is 2.50. The van der Waals surface area contributed by atoms with Crippen LogP contribution in [0.15, 0.2) is 72.3 Å². The van der Waals surface area contributed by atoms with E-state index in [1.54, 1.807) is 7.11 Å². The topological polar surface area (TPSA) is 47.9 Å². The minimum absolute atomic E-state index is 0.0210. The van der Waals surface area contributed by atoms with Gasteiger partial charge in [0.25, 0.3) is 8.32 Å². The predicted octanol–water partition coefficient (Wildman–Crippen LogP) is 5.69. The molecule has 0 aliphatic carbocycles. The van der Waals surface area contributed by atoms with Gasteiger partial charge in [-0.25, -0.2) is 0 Å². The second-order valence-corrected chi connectivity index (χ2v) is 14.9. The molecule has 5 heteroatoms.